The highest BCUT2D eigenvalue weighted by atomic mass is 16.6. The van der Waals surface area contributed by atoms with Crippen molar-refractivity contribution in [3.8, 4) is 11.5 Å². The Balaban J connectivity index is 2.31. The maximum Gasteiger partial charge on any atom is 0.219 e. The fraction of sp³-hybridized carbons (Fsp3) is 0.571. The SMILES string of the molecule is COc1ccc([C@@H]2CCCC[C@H]2[N+](=O)[O-])cc1OC. The van der Waals surface area contributed by atoms with E-state index in [-0.39, 0.29) is 10.8 Å². The maximum atomic E-state index is 11.2. The highest BCUT2D eigenvalue weighted by Gasteiger charge is 2.35. The highest BCUT2D eigenvalue weighted by molar-refractivity contribution is 5.44. The van der Waals surface area contributed by atoms with E-state index in [0.29, 0.717) is 17.9 Å². The Morgan fingerprint density at radius 2 is 1.84 bits per heavy atom. The summed E-state index contributed by atoms with van der Waals surface area (Å²) >= 11 is 0. The number of nitro groups is 1. The molecular formula is C14H19NO4. The first-order valence-electron chi connectivity index (χ1n) is 6.52. The van der Waals surface area contributed by atoms with Crippen LogP contribution in [0.2, 0.25) is 0 Å². The number of hydrogen-bond donors (Lipinski definition) is 0. The summed E-state index contributed by atoms with van der Waals surface area (Å²) in [6, 6.07) is 5.12. The molecule has 0 heterocycles. The summed E-state index contributed by atoms with van der Waals surface area (Å²) in [6.45, 7) is 0. The fourth-order valence-electron chi connectivity index (χ4n) is 2.84. The minimum Gasteiger partial charge on any atom is -0.493 e. The third kappa shape index (κ3) is 2.80. The van der Waals surface area contributed by atoms with E-state index < -0.39 is 6.04 Å². The monoisotopic (exact) mass is 265 g/mol. The largest absolute Gasteiger partial charge is 0.493 e. The Hall–Kier alpha value is -1.78. The number of hydrogen-bond acceptors (Lipinski definition) is 4. The summed E-state index contributed by atoms with van der Waals surface area (Å²) in [7, 11) is 3.16. The molecule has 1 aliphatic rings. The van der Waals surface area contributed by atoms with Gasteiger partial charge in [-0.1, -0.05) is 12.5 Å². The third-order valence-corrected chi connectivity index (χ3v) is 3.84. The summed E-state index contributed by atoms with van der Waals surface area (Å²) in [4.78, 5) is 11.0. The molecule has 19 heavy (non-hydrogen) atoms. The van der Waals surface area contributed by atoms with Gasteiger partial charge in [-0.05, 0) is 30.5 Å². The van der Waals surface area contributed by atoms with Gasteiger partial charge >= 0.3 is 0 Å². The first-order chi connectivity index (χ1) is 9.17. The molecule has 104 valence electrons. The minimum atomic E-state index is -0.480. The topological polar surface area (TPSA) is 61.6 Å². The number of ether oxygens (including phenoxy) is 2. The molecule has 1 fully saturated rings. The highest BCUT2D eigenvalue weighted by Crippen LogP contribution is 2.38. The van der Waals surface area contributed by atoms with E-state index in [1.165, 1.54) is 0 Å². The fourth-order valence-corrected chi connectivity index (χ4v) is 2.84. The molecule has 0 aromatic heterocycles. The summed E-state index contributed by atoms with van der Waals surface area (Å²) < 4.78 is 10.5. The molecule has 0 unspecified atom stereocenters. The Labute approximate surface area is 112 Å². The summed E-state index contributed by atoms with van der Waals surface area (Å²) in [5.41, 5.74) is 0.971. The van der Waals surface area contributed by atoms with Crippen molar-refractivity contribution in [1.29, 1.82) is 0 Å². The molecular weight excluding hydrogens is 246 g/mol. The number of rotatable bonds is 4. The second-order valence-corrected chi connectivity index (χ2v) is 4.86. The van der Waals surface area contributed by atoms with E-state index in [4.69, 9.17) is 9.47 Å². The lowest BCUT2D eigenvalue weighted by Crippen LogP contribution is -2.30. The van der Waals surface area contributed by atoms with Crippen molar-refractivity contribution < 1.29 is 14.4 Å². The van der Waals surface area contributed by atoms with Crippen molar-refractivity contribution in [2.45, 2.75) is 37.6 Å². The van der Waals surface area contributed by atoms with Gasteiger partial charge < -0.3 is 9.47 Å². The predicted molar refractivity (Wildman–Crippen MR) is 71.5 cm³/mol. The van der Waals surface area contributed by atoms with Gasteiger partial charge in [-0.3, -0.25) is 10.1 Å². The number of nitrogens with zero attached hydrogens (tertiary/aromatic N) is 1. The molecule has 0 N–H and O–H groups in total. The van der Waals surface area contributed by atoms with E-state index in [2.05, 4.69) is 0 Å². The van der Waals surface area contributed by atoms with Crippen molar-refractivity contribution >= 4 is 0 Å². The lowest BCUT2D eigenvalue weighted by molar-refractivity contribution is -0.530. The van der Waals surface area contributed by atoms with Gasteiger partial charge in [0.1, 0.15) is 0 Å². The quantitative estimate of drug-likeness (QED) is 0.620. The molecule has 1 aromatic rings. The van der Waals surface area contributed by atoms with Crippen LogP contribution < -0.4 is 9.47 Å². The molecule has 1 aromatic carbocycles. The van der Waals surface area contributed by atoms with Crippen molar-refractivity contribution in [3.05, 3.63) is 33.9 Å². The van der Waals surface area contributed by atoms with Gasteiger partial charge in [-0.25, -0.2) is 0 Å². The molecule has 0 spiro atoms. The zero-order valence-electron chi connectivity index (χ0n) is 11.3. The van der Waals surface area contributed by atoms with Crippen LogP contribution in [0.25, 0.3) is 0 Å². The van der Waals surface area contributed by atoms with Crippen LogP contribution in [0.5, 0.6) is 11.5 Å². The zero-order valence-corrected chi connectivity index (χ0v) is 11.3. The Kier molecular flexibility index (Phi) is 4.24. The minimum absolute atomic E-state index is 0.0245. The van der Waals surface area contributed by atoms with Gasteiger partial charge in [0.15, 0.2) is 11.5 Å². The molecule has 0 aliphatic heterocycles. The van der Waals surface area contributed by atoms with E-state index >= 15 is 0 Å². The molecule has 1 saturated carbocycles. The van der Waals surface area contributed by atoms with Gasteiger partial charge in [-0.15, -0.1) is 0 Å². The normalized spacial score (nSPS) is 22.8. The number of benzene rings is 1. The van der Waals surface area contributed by atoms with Gasteiger partial charge in [0, 0.05) is 11.3 Å². The summed E-state index contributed by atoms with van der Waals surface area (Å²) in [5.74, 6) is 1.26. The molecule has 0 saturated heterocycles. The van der Waals surface area contributed by atoms with Crippen LogP contribution in [-0.2, 0) is 0 Å². The van der Waals surface area contributed by atoms with Crippen LogP contribution in [0.3, 0.4) is 0 Å². The molecule has 0 bridgehead atoms. The van der Waals surface area contributed by atoms with Crippen LogP contribution in [0.15, 0.2) is 18.2 Å². The van der Waals surface area contributed by atoms with Gasteiger partial charge in [0.25, 0.3) is 0 Å². The Morgan fingerprint density at radius 1 is 1.16 bits per heavy atom. The maximum absolute atomic E-state index is 11.2. The van der Waals surface area contributed by atoms with Crippen molar-refractivity contribution in [1.82, 2.24) is 0 Å². The third-order valence-electron chi connectivity index (χ3n) is 3.84. The second kappa shape index (κ2) is 5.91. The van der Waals surface area contributed by atoms with Crippen LogP contribution in [0.4, 0.5) is 0 Å². The van der Waals surface area contributed by atoms with Crippen LogP contribution in [0.1, 0.15) is 37.2 Å². The van der Waals surface area contributed by atoms with E-state index in [1.54, 1.807) is 14.2 Å². The van der Waals surface area contributed by atoms with Gasteiger partial charge in [-0.2, -0.15) is 0 Å². The van der Waals surface area contributed by atoms with Crippen LogP contribution in [-0.4, -0.2) is 25.2 Å². The van der Waals surface area contributed by atoms with Crippen molar-refractivity contribution in [2.75, 3.05) is 14.2 Å². The zero-order chi connectivity index (χ0) is 13.8. The van der Waals surface area contributed by atoms with E-state index in [0.717, 1.165) is 24.8 Å². The predicted octanol–water partition coefficient (Wildman–Crippen LogP) is 3.01. The average molecular weight is 265 g/mol. The smallest absolute Gasteiger partial charge is 0.219 e. The molecule has 1 aliphatic carbocycles. The lowest BCUT2D eigenvalue weighted by atomic mass is 9.80. The molecule has 0 amide bonds. The Morgan fingerprint density at radius 3 is 2.47 bits per heavy atom. The Bertz CT molecular complexity index is 461. The first kappa shape index (κ1) is 13.6. The molecule has 2 atom stereocenters. The molecule has 0 radical (unpaired) electrons. The molecule has 2 rings (SSSR count). The van der Waals surface area contributed by atoms with Gasteiger partial charge in [0.05, 0.1) is 20.1 Å². The molecule has 5 heteroatoms. The number of methoxy groups -OCH3 is 2. The van der Waals surface area contributed by atoms with Crippen molar-refractivity contribution in [2.24, 2.45) is 0 Å². The van der Waals surface area contributed by atoms with Crippen LogP contribution >= 0.6 is 0 Å². The van der Waals surface area contributed by atoms with Crippen molar-refractivity contribution in [3.63, 3.8) is 0 Å². The lowest BCUT2D eigenvalue weighted by Gasteiger charge is -2.26. The first-order valence-corrected chi connectivity index (χ1v) is 6.52. The second-order valence-electron chi connectivity index (χ2n) is 4.86. The van der Waals surface area contributed by atoms with E-state index in [1.807, 2.05) is 18.2 Å². The van der Waals surface area contributed by atoms with E-state index in [9.17, 15) is 10.1 Å². The average Bonchev–Trinajstić information content (AvgIpc) is 2.46. The molecule has 5 nitrogen and oxygen atoms in total. The van der Waals surface area contributed by atoms with Crippen LogP contribution in [0, 0.1) is 10.1 Å². The summed E-state index contributed by atoms with van der Waals surface area (Å²) in [5, 5.41) is 11.2. The van der Waals surface area contributed by atoms with Gasteiger partial charge in [0.2, 0.25) is 6.04 Å². The summed E-state index contributed by atoms with van der Waals surface area (Å²) in [6.07, 6.45) is 3.51. The standard InChI is InChI=1S/C14H19NO4/c1-18-13-8-7-10(9-14(13)19-2)11-5-3-4-6-12(11)15(16)17/h7-9,11-12H,3-6H2,1-2H3/t11-,12+/m0/s1.